The number of nitrogens with two attached hydrogens (primary N) is 1. The largest absolute Gasteiger partial charge is 0.468 e. The molecule has 0 aliphatic carbocycles. The topological polar surface area (TPSA) is 157 Å². The van der Waals surface area contributed by atoms with E-state index in [1.807, 2.05) is 39.8 Å². The Kier molecular flexibility index (Phi) is 13.1. The number of esters is 1. The van der Waals surface area contributed by atoms with E-state index >= 15 is 0 Å². The standard InChI is InChI=1S/C29H46N4O7/c1-17(2)10-12-20(5)33(27(37)22(15-23(30)34)32-28(38)40-29(6,7)8)25(26(36)31-16-24(35)39-9)21-13-11-18(3)14-19(21)4/h11,13-14,17,20,22,25H,10,12,15-16H2,1-9H3,(H2,30,34)(H,31,36)(H,32,38). The predicted octanol–water partition coefficient (Wildman–Crippen LogP) is 3.06. The molecule has 11 heteroatoms. The van der Waals surface area contributed by atoms with E-state index in [1.165, 1.54) is 12.0 Å². The second kappa shape index (κ2) is 15.2. The molecule has 3 atom stereocenters. The minimum atomic E-state index is -1.39. The van der Waals surface area contributed by atoms with Crippen LogP contribution in [0.4, 0.5) is 4.79 Å². The molecule has 224 valence electrons. The Hall–Kier alpha value is -3.63. The molecule has 4 amide bonds. The van der Waals surface area contributed by atoms with Crippen LogP contribution in [0, 0.1) is 19.8 Å². The first kappa shape index (κ1) is 34.4. The van der Waals surface area contributed by atoms with Gasteiger partial charge in [-0.05, 0) is 71.4 Å². The lowest BCUT2D eigenvalue weighted by Crippen LogP contribution is -2.56. The van der Waals surface area contributed by atoms with Gasteiger partial charge in [0.05, 0.1) is 13.5 Å². The van der Waals surface area contributed by atoms with Gasteiger partial charge in [-0.15, -0.1) is 0 Å². The number of rotatable bonds is 13. The zero-order valence-corrected chi connectivity index (χ0v) is 25.3. The highest BCUT2D eigenvalue weighted by Gasteiger charge is 2.40. The highest BCUT2D eigenvalue weighted by Crippen LogP contribution is 2.30. The summed E-state index contributed by atoms with van der Waals surface area (Å²) in [4.78, 5) is 65.8. The summed E-state index contributed by atoms with van der Waals surface area (Å²) in [5.74, 6) is -2.45. The van der Waals surface area contributed by atoms with Crippen LogP contribution < -0.4 is 16.4 Å². The highest BCUT2D eigenvalue weighted by molar-refractivity contribution is 5.95. The van der Waals surface area contributed by atoms with Crippen molar-refractivity contribution in [2.45, 2.75) is 98.4 Å². The minimum absolute atomic E-state index is 0.313. The molecular formula is C29H46N4O7. The van der Waals surface area contributed by atoms with Crippen LogP contribution in [-0.4, -0.2) is 66.0 Å². The second-order valence-electron chi connectivity index (χ2n) is 11.5. The Morgan fingerprint density at radius 3 is 2.15 bits per heavy atom. The number of hydrogen-bond donors (Lipinski definition) is 3. The second-order valence-corrected chi connectivity index (χ2v) is 11.5. The molecule has 0 saturated heterocycles. The molecule has 0 radical (unpaired) electrons. The van der Waals surface area contributed by atoms with Gasteiger partial charge in [-0.1, -0.05) is 37.6 Å². The molecule has 0 bridgehead atoms. The molecule has 4 N–H and O–H groups in total. The summed E-state index contributed by atoms with van der Waals surface area (Å²) in [7, 11) is 1.21. The number of nitrogens with one attached hydrogen (secondary N) is 2. The third kappa shape index (κ3) is 11.2. The monoisotopic (exact) mass is 562 g/mol. The van der Waals surface area contributed by atoms with Crippen molar-refractivity contribution >= 4 is 29.8 Å². The summed E-state index contributed by atoms with van der Waals surface area (Å²) in [6.07, 6.45) is -0.131. The highest BCUT2D eigenvalue weighted by atomic mass is 16.6. The van der Waals surface area contributed by atoms with Gasteiger partial charge >= 0.3 is 12.1 Å². The van der Waals surface area contributed by atoms with Crippen molar-refractivity contribution in [1.29, 1.82) is 0 Å². The maximum absolute atomic E-state index is 14.2. The molecule has 0 fully saturated rings. The summed E-state index contributed by atoms with van der Waals surface area (Å²) in [6, 6.07) is 2.39. The number of aryl methyl sites for hydroxylation is 2. The van der Waals surface area contributed by atoms with Crippen LogP contribution in [0.25, 0.3) is 0 Å². The molecule has 11 nitrogen and oxygen atoms in total. The van der Waals surface area contributed by atoms with Gasteiger partial charge in [0.15, 0.2) is 0 Å². The molecule has 0 aromatic heterocycles. The van der Waals surface area contributed by atoms with E-state index in [1.54, 1.807) is 33.8 Å². The van der Waals surface area contributed by atoms with Gasteiger partial charge in [0.25, 0.3) is 0 Å². The van der Waals surface area contributed by atoms with Gasteiger partial charge in [-0.2, -0.15) is 0 Å². The summed E-state index contributed by atoms with van der Waals surface area (Å²) in [6.45, 7) is 14.2. The molecule has 1 rings (SSSR count). The first-order valence-electron chi connectivity index (χ1n) is 13.5. The van der Waals surface area contributed by atoms with Crippen molar-refractivity contribution in [2.24, 2.45) is 11.7 Å². The number of hydrogen-bond acceptors (Lipinski definition) is 7. The van der Waals surface area contributed by atoms with Gasteiger partial charge in [-0.25, -0.2) is 4.79 Å². The SMILES string of the molecule is COC(=O)CNC(=O)C(c1ccc(C)cc1C)N(C(=O)C(CC(N)=O)NC(=O)OC(C)(C)C)C(C)CCC(C)C. The number of primary amides is 1. The summed E-state index contributed by atoms with van der Waals surface area (Å²) in [5, 5.41) is 5.04. The molecule has 0 aliphatic rings. The van der Waals surface area contributed by atoms with Crippen molar-refractivity contribution in [3.63, 3.8) is 0 Å². The van der Waals surface area contributed by atoms with Crippen molar-refractivity contribution in [1.82, 2.24) is 15.5 Å². The zero-order valence-electron chi connectivity index (χ0n) is 25.3. The van der Waals surface area contributed by atoms with Crippen LogP contribution in [0.5, 0.6) is 0 Å². The number of ether oxygens (including phenoxy) is 2. The van der Waals surface area contributed by atoms with Gasteiger partial charge < -0.3 is 30.7 Å². The third-order valence-electron chi connectivity index (χ3n) is 6.17. The summed E-state index contributed by atoms with van der Waals surface area (Å²) >= 11 is 0. The number of carbonyl (C=O) groups is 5. The number of carbonyl (C=O) groups excluding carboxylic acids is 5. The summed E-state index contributed by atoms with van der Waals surface area (Å²) in [5.41, 5.74) is 6.84. The maximum Gasteiger partial charge on any atom is 0.408 e. The Morgan fingerprint density at radius 1 is 1.02 bits per heavy atom. The Labute approximate surface area is 237 Å². The first-order chi connectivity index (χ1) is 18.5. The lowest BCUT2D eigenvalue weighted by Gasteiger charge is -2.39. The van der Waals surface area contributed by atoms with E-state index in [0.717, 1.165) is 17.5 Å². The van der Waals surface area contributed by atoms with Crippen LogP contribution in [0.2, 0.25) is 0 Å². The number of methoxy groups -OCH3 is 1. The Balaban J connectivity index is 3.71. The summed E-state index contributed by atoms with van der Waals surface area (Å²) < 4.78 is 9.98. The third-order valence-corrected chi connectivity index (χ3v) is 6.17. The number of alkyl carbamates (subject to hydrolysis) is 1. The predicted molar refractivity (Wildman–Crippen MR) is 151 cm³/mol. The molecular weight excluding hydrogens is 516 g/mol. The smallest absolute Gasteiger partial charge is 0.408 e. The van der Waals surface area contributed by atoms with E-state index < -0.39 is 66.5 Å². The van der Waals surface area contributed by atoms with Crippen LogP contribution in [0.1, 0.15) is 83.5 Å². The fourth-order valence-electron chi connectivity index (χ4n) is 4.22. The van der Waals surface area contributed by atoms with Crippen molar-refractivity contribution in [3.05, 3.63) is 34.9 Å². The molecule has 0 heterocycles. The van der Waals surface area contributed by atoms with E-state index in [-0.39, 0.29) is 0 Å². The average Bonchev–Trinajstić information content (AvgIpc) is 2.82. The van der Waals surface area contributed by atoms with Crippen LogP contribution in [0.3, 0.4) is 0 Å². The normalized spacial score (nSPS) is 13.6. The molecule has 0 spiro atoms. The molecule has 1 aromatic carbocycles. The van der Waals surface area contributed by atoms with Gasteiger partial charge in [-0.3, -0.25) is 19.2 Å². The number of benzene rings is 1. The molecule has 40 heavy (non-hydrogen) atoms. The maximum atomic E-state index is 14.2. The number of nitrogens with zero attached hydrogens (tertiary/aromatic N) is 1. The zero-order chi connectivity index (χ0) is 30.8. The van der Waals surface area contributed by atoms with E-state index in [9.17, 15) is 24.0 Å². The van der Waals surface area contributed by atoms with E-state index in [0.29, 0.717) is 17.9 Å². The van der Waals surface area contributed by atoms with Crippen molar-refractivity contribution in [3.8, 4) is 0 Å². The molecule has 0 saturated carbocycles. The van der Waals surface area contributed by atoms with E-state index in [4.69, 9.17) is 10.5 Å². The fraction of sp³-hybridized carbons (Fsp3) is 0.621. The molecule has 0 aliphatic heterocycles. The van der Waals surface area contributed by atoms with Gasteiger partial charge in [0.1, 0.15) is 24.2 Å². The van der Waals surface area contributed by atoms with Crippen molar-refractivity contribution in [2.75, 3.05) is 13.7 Å². The quantitative estimate of drug-likeness (QED) is 0.312. The fourth-order valence-corrected chi connectivity index (χ4v) is 4.22. The first-order valence-corrected chi connectivity index (χ1v) is 13.5. The number of amides is 4. The molecule has 3 unspecified atom stereocenters. The molecule has 1 aromatic rings. The average molecular weight is 563 g/mol. The van der Waals surface area contributed by atoms with Crippen molar-refractivity contribution < 1.29 is 33.4 Å². The Bertz CT molecular complexity index is 1060. The van der Waals surface area contributed by atoms with Gasteiger partial charge in [0.2, 0.25) is 17.7 Å². The minimum Gasteiger partial charge on any atom is -0.468 e. The van der Waals surface area contributed by atoms with Crippen LogP contribution >= 0.6 is 0 Å². The van der Waals surface area contributed by atoms with Crippen LogP contribution in [-0.2, 0) is 28.7 Å². The lowest BCUT2D eigenvalue weighted by molar-refractivity contribution is -0.147. The Morgan fingerprint density at radius 2 is 1.65 bits per heavy atom. The van der Waals surface area contributed by atoms with E-state index in [2.05, 4.69) is 15.4 Å². The van der Waals surface area contributed by atoms with Crippen LogP contribution in [0.15, 0.2) is 18.2 Å². The van der Waals surface area contributed by atoms with Gasteiger partial charge in [0, 0.05) is 6.04 Å². The lowest BCUT2D eigenvalue weighted by atomic mass is 9.93.